The van der Waals surface area contributed by atoms with E-state index < -0.39 is 24.3 Å². The lowest BCUT2D eigenvalue weighted by Crippen LogP contribution is -2.40. The highest BCUT2D eigenvalue weighted by molar-refractivity contribution is 5.71. The summed E-state index contributed by atoms with van der Waals surface area (Å²) in [6.45, 7) is 4.78. The van der Waals surface area contributed by atoms with E-state index in [1.807, 2.05) is 21.1 Å². The zero-order chi connectivity index (χ0) is 54.1. The molecular weight excluding hydrogens is 923 g/mol. The number of carboxylic acids is 1. The second kappa shape index (κ2) is 55.9. The van der Waals surface area contributed by atoms with E-state index in [9.17, 15) is 19.5 Å². The number of nitrogens with zero attached hydrogens (tertiary/aromatic N) is 1. The van der Waals surface area contributed by atoms with Gasteiger partial charge in [-0.05, 0) is 64.2 Å². The number of unbranched alkanes of at least 4 members (excludes halogenated alkanes) is 29. The van der Waals surface area contributed by atoms with Gasteiger partial charge in [0, 0.05) is 12.8 Å². The average molecular weight is 1040 g/mol. The Kier molecular flexibility index (Phi) is 53.5. The van der Waals surface area contributed by atoms with E-state index in [1.165, 1.54) is 161 Å². The summed E-state index contributed by atoms with van der Waals surface area (Å²) in [6.07, 6.45) is 69.9. The van der Waals surface area contributed by atoms with Crippen molar-refractivity contribution in [1.82, 2.24) is 0 Å². The topological polar surface area (TPSA) is 108 Å². The van der Waals surface area contributed by atoms with Crippen molar-refractivity contribution in [2.45, 2.75) is 277 Å². The first-order chi connectivity index (χ1) is 36.1. The largest absolute Gasteiger partial charge is 0.477 e. The Hall–Kier alpha value is -3.27. The summed E-state index contributed by atoms with van der Waals surface area (Å²) < 4.78 is 22.9. The monoisotopic (exact) mass is 1040 g/mol. The molecule has 0 spiro atoms. The number of carbonyl (C=O) groups excluding carboxylic acids is 2. The summed E-state index contributed by atoms with van der Waals surface area (Å²) in [4.78, 5) is 37.4. The van der Waals surface area contributed by atoms with Crippen LogP contribution in [0.1, 0.15) is 264 Å². The van der Waals surface area contributed by atoms with Gasteiger partial charge in [0.05, 0.1) is 34.4 Å². The third-order valence-corrected chi connectivity index (χ3v) is 13.2. The van der Waals surface area contributed by atoms with Crippen molar-refractivity contribution in [2.24, 2.45) is 0 Å². The van der Waals surface area contributed by atoms with Crippen LogP contribution in [0.15, 0.2) is 72.9 Å². The molecule has 428 valence electrons. The third-order valence-electron chi connectivity index (χ3n) is 13.2. The zero-order valence-corrected chi connectivity index (χ0v) is 48.7. The number of allylic oxidation sites excluding steroid dienone is 12. The Morgan fingerprint density at radius 2 is 0.770 bits per heavy atom. The van der Waals surface area contributed by atoms with E-state index in [0.29, 0.717) is 17.4 Å². The van der Waals surface area contributed by atoms with Crippen LogP contribution in [-0.4, -0.2) is 87.4 Å². The standard InChI is InChI=1S/C65H115NO8/c1-6-8-10-12-14-16-18-20-22-23-24-25-26-27-28-29-30-31-32-33-34-35-36-37-38-39-40-41-42-44-46-48-50-52-54-56-63(68)74-61(60-73-65(64(69)70)71-58-57-66(3,4)5)59-72-62(67)55-53-51-49-47-45-43-21-19-17-15-13-11-9-7-2/h8,10,14,16,20,22,24-25,27-28,30-31,61,65H,6-7,9,11-13,15,17-19,21,23,26,29,32-60H2,1-5H3/p+1/b10-8-,16-14-,22-20-,25-24-,28-27-,31-30-. The molecule has 0 heterocycles. The van der Waals surface area contributed by atoms with Crippen molar-refractivity contribution in [3.8, 4) is 0 Å². The van der Waals surface area contributed by atoms with Gasteiger partial charge in [-0.3, -0.25) is 9.59 Å². The molecule has 2 unspecified atom stereocenters. The van der Waals surface area contributed by atoms with E-state index in [-0.39, 0.29) is 32.2 Å². The van der Waals surface area contributed by atoms with Gasteiger partial charge in [0.15, 0.2) is 6.10 Å². The first-order valence-electron chi connectivity index (χ1n) is 30.6. The molecule has 0 aromatic rings. The molecule has 9 heteroatoms. The van der Waals surface area contributed by atoms with E-state index in [2.05, 4.69) is 86.8 Å². The normalized spacial score (nSPS) is 13.3. The highest BCUT2D eigenvalue weighted by Crippen LogP contribution is 2.17. The maximum atomic E-state index is 12.9. The molecule has 0 bridgehead atoms. The van der Waals surface area contributed by atoms with Crippen LogP contribution in [-0.2, 0) is 33.3 Å². The van der Waals surface area contributed by atoms with Crippen LogP contribution < -0.4 is 0 Å². The van der Waals surface area contributed by atoms with E-state index >= 15 is 0 Å². The molecule has 0 aliphatic carbocycles. The van der Waals surface area contributed by atoms with Crippen LogP contribution in [0.5, 0.6) is 0 Å². The molecule has 0 saturated heterocycles. The summed E-state index contributed by atoms with van der Waals surface area (Å²) >= 11 is 0. The van der Waals surface area contributed by atoms with Gasteiger partial charge in [-0.25, -0.2) is 4.79 Å². The minimum atomic E-state index is -1.51. The van der Waals surface area contributed by atoms with Gasteiger partial charge in [-0.2, -0.15) is 0 Å². The van der Waals surface area contributed by atoms with Crippen molar-refractivity contribution in [3.05, 3.63) is 72.9 Å². The quantitative estimate of drug-likeness (QED) is 0.0211. The molecule has 0 saturated carbocycles. The van der Waals surface area contributed by atoms with Crippen LogP contribution >= 0.6 is 0 Å². The molecular formula is C65H116NO8+. The van der Waals surface area contributed by atoms with Crippen LogP contribution in [0.25, 0.3) is 0 Å². The lowest BCUT2D eigenvalue weighted by atomic mass is 10.0. The molecule has 1 N–H and O–H groups in total. The molecule has 0 aliphatic heterocycles. The summed E-state index contributed by atoms with van der Waals surface area (Å²) in [5.41, 5.74) is 0. The van der Waals surface area contributed by atoms with Crippen molar-refractivity contribution in [1.29, 1.82) is 0 Å². The minimum absolute atomic E-state index is 0.179. The number of quaternary nitrogens is 1. The maximum absolute atomic E-state index is 12.9. The Morgan fingerprint density at radius 1 is 0.419 bits per heavy atom. The first kappa shape index (κ1) is 70.7. The molecule has 0 aromatic carbocycles. The van der Waals surface area contributed by atoms with Crippen molar-refractivity contribution >= 4 is 17.9 Å². The summed E-state index contributed by atoms with van der Waals surface area (Å²) in [6, 6.07) is 0. The van der Waals surface area contributed by atoms with Crippen molar-refractivity contribution in [3.63, 3.8) is 0 Å². The zero-order valence-electron chi connectivity index (χ0n) is 48.7. The summed E-state index contributed by atoms with van der Waals surface area (Å²) in [5, 5.41) is 9.70. The number of likely N-dealkylation sites (N-methyl/N-ethyl adjacent to an activating group) is 1. The fourth-order valence-electron chi connectivity index (χ4n) is 8.55. The van der Waals surface area contributed by atoms with Gasteiger partial charge < -0.3 is 28.5 Å². The Bertz CT molecular complexity index is 1440. The smallest absolute Gasteiger partial charge is 0.361 e. The highest BCUT2D eigenvalue weighted by Gasteiger charge is 2.25. The van der Waals surface area contributed by atoms with Crippen LogP contribution in [0.3, 0.4) is 0 Å². The van der Waals surface area contributed by atoms with Gasteiger partial charge in [0.2, 0.25) is 0 Å². The predicted octanol–water partition coefficient (Wildman–Crippen LogP) is 18.2. The van der Waals surface area contributed by atoms with Gasteiger partial charge in [-0.15, -0.1) is 0 Å². The molecule has 0 rings (SSSR count). The molecule has 0 aliphatic rings. The number of carbonyl (C=O) groups is 3. The minimum Gasteiger partial charge on any atom is -0.477 e. The number of hydrogen-bond donors (Lipinski definition) is 1. The number of aliphatic carboxylic acids is 1. The molecule has 9 nitrogen and oxygen atoms in total. The maximum Gasteiger partial charge on any atom is 0.361 e. The lowest BCUT2D eigenvalue weighted by Gasteiger charge is -2.25. The average Bonchev–Trinajstić information content (AvgIpc) is 3.37. The SMILES string of the molecule is CC/C=C\C/C=C\C/C=C\C/C=C\C/C=C\C/C=C\CCCCCCCCCCCCCCCCCCC(=O)OC(COC(=O)CCCCCCCCCCCCCCCC)COC(OCC[N+](C)(C)C)C(=O)O. The molecule has 0 amide bonds. The number of carboxylic acid groups (broad SMARTS) is 1. The van der Waals surface area contributed by atoms with Crippen LogP contribution in [0, 0.1) is 0 Å². The predicted molar refractivity (Wildman–Crippen MR) is 313 cm³/mol. The second-order valence-electron chi connectivity index (χ2n) is 21.6. The fraction of sp³-hybridized carbons (Fsp3) is 0.769. The number of ether oxygens (including phenoxy) is 4. The molecule has 0 radical (unpaired) electrons. The number of hydrogen-bond acceptors (Lipinski definition) is 7. The fourth-order valence-corrected chi connectivity index (χ4v) is 8.55. The van der Waals surface area contributed by atoms with Gasteiger partial charge in [0.1, 0.15) is 13.2 Å². The molecule has 0 aromatic heterocycles. The molecule has 0 fully saturated rings. The van der Waals surface area contributed by atoms with Crippen molar-refractivity contribution < 1.29 is 42.9 Å². The Balaban J connectivity index is 4.08. The summed E-state index contributed by atoms with van der Waals surface area (Å²) in [7, 11) is 5.97. The number of rotatable bonds is 56. The second-order valence-corrected chi connectivity index (χ2v) is 21.6. The first-order valence-corrected chi connectivity index (χ1v) is 30.6. The number of esters is 2. The third kappa shape index (κ3) is 56.5. The van der Waals surface area contributed by atoms with E-state index in [4.69, 9.17) is 18.9 Å². The highest BCUT2D eigenvalue weighted by atomic mass is 16.7. The Labute approximate surface area is 456 Å². The van der Waals surface area contributed by atoms with E-state index in [0.717, 1.165) is 77.0 Å². The van der Waals surface area contributed by atoms with E-state index in [1.54, 1.807) is 0 Å². The van der Waals surface area contributed by atoms with Crippen LogP contribution in [0.2, 0.25) is 0 Å². The molecule has 2 atom stereocenters. The Morgan fingerprint density at radius 3 is 1.15 bits per heavy atom. The van der Waals surface area contributed by atoms with Crippen molar-refractivity contribution in [2.75, 3.05) is 47.5 Å². The van der Waals surface area contributed by atoms with Crippen LogP contribution in [0.4, 0.5) is 0 Å². The van der Waals surface area contributed by atoms with Gasteiger partial charge in [0.25, 0.3) is 6.29 Å². The lowest BCUT2D eigenvalue weighted by molar-refractivity contribution is -0.870. The van der Waals surface area contributed by atoms with Gasteiger partial charge in [-0.1, -0.05) is 260 Å². The summed E-state index contributed by atoms with van der Waals surface area (Å²) in [5.74, 6) is -1.99. The van der Waals surface area contributed by atoms with Gasteiger partial charge >= 0.3 is 17.9 Å². The molecule has 74 heavy (non-hydrogen) atoms.